The van der Waals surface area contributed by atoms with E-state index >= 15 is 0 Å². The highest BCUT2D eigenvalue weighted by molar-refractivity contribution is 5.22. The third kappa shape index (κ3) is 1.94. The van der Waals surface area contributed by atoms with Crippen LogP contribution in [0.15, 0.2) is 11.4 Å². The maximum atomic E-state index is 2.66. The summed E-state index contributed by atoms with van der Waals surface area (Å²) in [5.74, 6) is 0. The Kier molecular flexibility index (Phi) is 3.78. The van der Waals surface area contributed by atoms with Gasteiger partial charge in [0.25, 0.3) is 0 Å². The molecule has 2 rings (SSSR count). The molecule has 1 aliphatic heterocycles. The second-order valence-corrected chi connectivity index (χ2v) is 5.12. The van der Waals surface area contributed by atoms with E-state index in [1.165, 1.54) is 51.6 Å². The van der Waals surface area contributed by atoms with Gasteiger partial charge < -0.3 is 9.80 Å². The van der Waals surface area contributed by atoms with E-state index in [2.05, 4.69) is 30.6 Å². The molecule has 0 unspecified atom stereocenters. The minimum Gasteiger partial charge on any atom is -0.353 e. The van der Waals surface area contributed by atoms with E-state index in [-0.39, 0.29) is 0 Å². The number of nitrogens with zero attached hydrogens (tertiary/aromatic N) is 2. The largest absolute Gasteiger partial charge is 0.353 e. The lowest BCUT2D eigenvalue weighted by molar-refractivity contribution is 0.152. The summed E-state index contributed by atoms with van der Waals surface area (Å²) < 4.78 is 0. The summed E-state index contributed by atoms with van der Waals surface area (Å²) in [5, 5.41) is 0. The predicted molar refractivity (Wildman–Crippen MR) is 69.0 cm³/mol. The maximum Gasteiger partial charge on any atom is 0.0982 e. The average molecular weight is 222 g/mol. The number of rotatable bonds is 4. The maximum absolute atomic E-state index is 2.66. The highest BCUT2D eigenvalue weighted by Gasteiger charge is 2.34. The average Bonchev–Trinajstić information content (AvgIpc) is 2.56. The van der Waals surface area contributed by atoms with Crippen molar-refractivity contribution >= 4 is 0 Å². The van der Waals surface area contributed by atoms with Gasteiger partial charge in [-0.25, -0.2) is 0 Å². The molecule has 0 radical (unpaired) electrons. The lowest BCUT2D eigenvalue weighted by atomic mass is 10.0. The number of hydrogen-bond donors (Lipinski definition) is 0. The van der Waals surface area contributed by atoms with Gasteiger partial charge in [-0.05, 0) is 45.4 Å². The highest BCUT2D eigenvalue weighted by atomic mass is 15.4. The van der Waals surface area contributed by atoms with Gasteiger partial charge in [-0.15, -0.1) is 0 Å². The summed E-state index contributed by atoms with van der Waals surface area (Å²) in [4.78, 5) is 5.31. The molecule has 16 heavy (non-hydrogen) atoms. The van der Waals surface area contributed by atoms with Crippen LogP contribution in [-0.4, -0.2) is 29.1 Å². The lowest BCUT2D eigenvalue weighted by Crippen LogP contribution is -2.38. The van der Waals surface area contributed by atoms with Crippen molar-refractivity contribution in [3.63, 3.8) is 0 Å². The van der Waals surface area contributed by atoms with E-state index in [1.54, 1.807) is 11.4 Å². The van der Waals surface area contributed by atoms with E-state index in [9.17, 15) is 0 Å². The molecular formula is C14H26N2. The van der Waals surface area contributed by atoms with Crippen LogP contribution in [-0.2, 0) is 0 Å². The van der Waals surface area contributed by atoms with E-state index in [1.807, 2.05) is 0 Å². The fourth-order valence-electron chi connectivity index (χ4n) is 3.24. The van der Waals surface area contributed by atoms with Crippen molar-refractivity contribution in [2.24, 2.45) is 0 Å². The van der Waals surface area contributed by atoms with E-state index in [0.29, 0.717) is 6.17 Å². The number of hydrogen-bond acceptors (Lipinski definition) is 2. The summed E-state index contributed by atoms with van der Waals surface area (Å²) >= 11 is 0. The molecule has 0 fully saturated rings. The molecule has 1 aliphatic carbocycles. The molecule has 2 aliphatic rings. The van der Waals surface area contributed by atoms with Crippen LogP contribution in [0.4, 0.5) is 0 Å². The van der Waals surface area contributed by atoms with Gasteiger partial charge in [0.05, 0.1) is 6.17 Å². The summed E-state index contributed by atoms with van der Waals surface area (Å²) in [5.41, 5.74) is 3.35. The van der Waals surface area contributed by atoms with Crippen molar-refractivity contribution in [2.45, 2.75) is 65.5 Å². The Bertz CT molecular complexity index is 244. The minimum atomic E-state index is 0.614. The first-order valence-electron chi connectivity index (χ1n) is 7.04. The molecule has 0 N–H and O–H groups in total. The second-order valence-electron chi connectivity index (χ2n) is 5.12. The Balaban J connectivity index is 2.19. The van der Waals surface area contributed by atoms with Crippen LogP contribution in [0.2, 0.25) is 0 Å². The van der Waals surface area contributed by atoms with Gasteiger partial charge >= 0.3 is 0 Å². The third-order valence-corrected chi connectivity index (χ3v) is 3.93. The molecule has 0 amide bonds. The van der Waals surface area contributed by atoms with Crippen molar-refractivity contribution < 1.29 is 0 Å². The van der Waals surface area contributed by atoms with E-state index in [0.717, 1.165) is 0 Å². The van der Waals surface area contributed by atoms with Crippen LogP contribution in [0, 0.1) is 0 Å². The standard InChI is InChI=1S/C14H26N2/c1-4-10-15-12(3)16(11-5-2)14-9-7-6-8-13(14)15/h12H,4-11H2,1-3H3. The zero-order chi connectivity index (χ0) is 11.5. The molecule has 0 spiro atoms. The summed E-state index contributed by atoms with van der Waals surface area (Å²) in [6, 6.07) is 0. The first-order valence-corrected chi connectivity index (χ1v) is 7.04. The smallest absolute Gasteiger partial charge is 0.0982 e. The summed E-state index contributed by atoms with van der Waals surface area (Å²) in [7, 11) is 0. The van der Waals surface area contributed by atoms with Crippen LogP contribution in [0.3, 0.4) is 0 Å². The predicted octanol–water partition coefficient (Wildman–Crippen LogP) is 3.56. The quantitative estimate of drug-likeness (QED) is 0.717. The molecule has 0 saturated carbocycles. The Labute approximate surface area is 100 Å². The lowest BCUT2D eigenvalue weighted by Gasteiger charge is -2.31. The van der Waals surface area contributed by atoms with Gasteiger partial charge in [0.2, 0.25) is 0 Å². The topological polar surface area (TPSA) is 6.48 Å². The molecule has 2 nitrogen and oxygen atoms in total. The fourth-order valence-corrected chi connectivity index (χ4v) is 3.24. The van der Waals surface area contributed by atoms with Crippen molar-refractivity contribution in [3.8, 4) is 0 Å². The van der Waals surface area contributed by atoms with Crippen molar-refractivity contribution in [1.29, 1.82) is 0 Å². The molecular weight excluding hydrogens is 196 g/mol. The Morgan fingerprint density at radius 2 is 1.38 bits per heavy atom. The second kappa shape index (κ2) is 5.11. The zero-order valence-electron chi connectivity index (χ0n) is 11.1. The van der Waals surface area contributed by atoms with E-state index < -0.39 is 0 Å². The van der Waals surface area contributed by atoms with Crippen LogP contribution >= 0.6 is 0 Å². The molecule has 0 aromatic carbocycles. The first kappa shape index (κ1) is 11.8. The molecule has 0 aromatic heterocycles. The Morgan fingerprint density at radius 1 is 0.938 bits per heavy atom. The van der Waals surface area contributed by atoms with Gasteiger partial charge in [0.1, 0.15) is 0 Å². The summed E-state index contributed by atoms with van der Waals surface area (Å²) in [6.07, 6.45) is 8.57. The molecule has 2 heteroatoms. The van der Waals surface area contributed by atoms with Crippen LogP contribution < -0.4 is 0 Å². The summed E-state index contributed by atoms with van der Waals surface area (Å²) in [6.45, 7) is 9.43. The van der Waals surface area contributed by atoms with Crippen LogP contribution in [0.25, 0.3) is 0 Å². The monoisotopic (exact) mass is 222 g/mol. The Hall–Kier alpha value is -0.660. The van der Waals surface area contributed by atoms with Gasteiger partial charge in [-0.2, -0.15) is 0 Å². The zero-order valence-corrected chi connectivity index (χ0v) is 11.1. The molecule has 0 bridgehead atoms. The van der Waals surface area contributed by atoms with Crippen molar-refractivity contribution in [1.82, 2.24) is 9.80 Å². The van der Waals surface area contributed by atoms with Crippen molar-refractivity contribution in [3.05, 3.63) is 11.4 Å². The van der Waals surface area contributed by atoms with Crippen LogP contribution in [0.1, 0.15) is 59.3 Å². The Morgan fingerprint density at radius 3 is 1.75 bits per heavy atom. The van der Waals surface area contributed by atoms with Crippen molar-refractivity contribution in [2.75, 3.05) is 13.1 Å². The van der Waals surface area contributed by atoms with Gasteiger partial charge in [-0.1, -0.05) is 13.8 Å². The normalized spacial score (nSPS) is 21.9. The number of allylic oxidation sites excluding steroid dienone is 2. The van der Waals surface area contributed by atoms with Crippen LogP contribution in [0.5, 0.6) is 0 Å². The highest BCUT2D eigenvalue weighted by Crippen LogP contribution is 2.38. The minimum absolute atomic E-state index is 0.614. The van der Waals surface area contributed by atoms with Gasteiger partial charge in [0.15, 0.2) is 0 Å². The molecule has 1 heterocycles. The molecule has 0 saturated heterocycles. The van der Waals surface area contributed by atoms with Gasteiger partial charge in [-0.3, -0.25) is 0 Å². The molecule has 0 atom stereocenters. The third-order valence-electron chi connectivity index (χ3n) is 3.93. The molecule has 0 aromatic rings. The van der Waals surface area contributed by atoms with Gasteiger partial charge in [0, 0.05) is 24.5 Å². The molecule has 92 valence electrons. The first-order chi connectivity index (χ1) is 7.79. The SMILES string of the molecule is CCCN1C2=C(CCCC2)N(CCC)C1C. The van der Waals surface area contributed by atoms with E-state index in [4.69, 9.17) is 0 Å². The fraction of sp³-hybridized carbons (Fsp3) is 0.857.